The van der Waals surface area contributed by atoms with Crippen molar-refractivity contribution in [1.29, 1.82) is 0 Å². The number of carbonyl (C=O) groups is 1. The highest BCUT2D eigenvalue weighted by molar-refractivity contribution is 5.95. The summed E-state index contributed by atoms with van der Waals surface area (Å²) in [5, 5.41) is 11.7. The molecule has 1 aromatic rings. The van der Waals surface area contributed by atoms with Crippen LogP contribution in [0.1, 0.15) is 32.3 Å². The van der Waals surface area contributed by atoms with E-state index < -0.39 is 12.0 Å². The fraction of sp³-hybridized carbons (Fsp3) is 0.462. The molecule has 0 radical (unpaired) electrons. The molecule has 1 unspecified atom stereocenters. The van der Waals surface area contributed by atoms with Crippen LogP contribution in [0.3, 0.4) is 0 Å². The molecule has 0 aromatic heterocycles. The molecule has 1 atom stereocenters. The summed E-state index contributed by atoms with van der Waals surface area (Å²) < 4.78 is 5.22. The van der Waals surface area contributed by atoms with E-state index >= 15 is 0 Å². The van der Waals surface area contributed by atoms with Gasteiger partial charge >= 0.3 is 0 Å². The van der Waals surface area contributed by atoms with Crippen LogP contribution in [0.25, 0.3) is 0 Å². The average molecular weight is 237 g/mol. The van der Waals surface area contributed by atoms with E-state index in [0.29, 0.717) is 17.4 Å². The molecule has 0 spiro atoms. The van der Waals surface area contributed by atoms with Crippen LogP contribution in [-0.2, 0) is 4.79 Å². The van der Waals surface area contributed by atoms with Crippen molar-refractivity contribution >= 4 is 11.6 Å². The highest BCUT2D eigenvalue weighted by atomic mass is 16.5. The molecule has 0 bridgehead atoms. The van der Waals surface area contributed by atoms with Crippen LogP contribution in [0.4, 0.5) is 5.69 Å². The van der Waals surface area contributed by atoms with Crippen molar-refractivity contribution in [2.75, 3.05) is 12.4 Å². The summed E-state index contributed by atoms with van der Waals surface area (Å²) in [6, 6.07) is 5.61. The Morgan fingerprint density at radius 2 is 2.00 bits per heavy atom. The Bertz CT molecular complexity index is 400. The standard InChI is InChI=1S/C13H19NO3/c1-8(2)10-5-6-11(12(7-10)17-4)14-13(16)9(3)15/h5-9,15H,1-4H3,(H,14,16). The first-order valence-electron chi connectivity index (χ1n) is 5.62. The van der Waals surface area contributed by atoms with Crippen molar-refractivity contribution in [1.82, 2.24) is 0 Å². The molecule has 0 aliphatic carbocycles. The lowest BCUT2D eigenvalue weighted by Gasteiger charge is -2.14. The minimum atomic E-state index is -1.04. The van der Waals surface area contributed by atoms with E-state index in [1.165, 1.54) is 6.92 Å². The van der Waals surface area contributed by atoms with Gasteiger partial charge in [-0.2, -0.15) is 0 Å². The zero-order valence-electron chi connectivity index (χ0n) is 10.7. The summed E-state index contributed by atoms with van der Waals surface area (Å²) in [5.41, 5.74) is 1.71. The van der Waals surface area contributed by atoms with Gasteiger partial charge in [0.2, 0.25) is 0 Å². The SMILES string of the molecule is COc1cc(C(C)C)ccc1NC(=O)C(C)O. The molecule has 0 saturated carbocycles. The molecule has 2 N–H and O–H groups in total. The van der Waals surface area contributed by atoms with Gasteiger partial charge in [-0.05, 0) is 30.5 Å². The lowest BCUT2D eigenvalue weighted by molar-refractivity contribution is -0.123. The fourth-order valence-electron chi connectivity index (χ4n) is 1.41. The number of aliphatic hydroxyl groups is 1. The molecule has 4 nitrogen and oxygen atoms in total. The third kappa shape index (κ3) is 3.46. The molecule has 1 rings (SSSR count). The molecular weight excluding hydrogens is 218 g/mol. The molecule has 0 aliphatic heterocycles. The Labute approximate surface area is 102 Å². The van der Waals surface area contributed by atoms with Crippen LogP contribution < -0.4 is 10.1 Å². The van der Waals surface area contributed by atoms with Gasteiger partial charge in [-0.25, -0.2) is 0 Å². The lowest BCUT2D eigenvalue weighted by Crippen LogP contribution is -2.24. The van der Waals surface area contributed by atoms with Gasteiger partial charge in [-0.3, -0.25) is 4.79 Å². The molecule has 4 heteroatoms. The molecule has 94 valence electrons. The van der Waals surface area contributed by atoms with Gasteiger partial charge in [0.1, 0.15) is 11.9 Å². The second-order valence-corrected chi connectivity index (χ2v) is 4.28. The Kier molecular flexibility index (Phi) is 4.52. The largest absolute Gasteiger partial charge is 0.495 e. The van der Waals surface area contributed by atoms with E-state index in [4.69, 9.17) is 9.84 Å². The molecule has 1 aromatic carbocycles. The van der Waals surface area contributed by atoms with Gasteiger partial charge in [0.25, 0.3) is 5.91 Å². The van der Waals surface area contributed by atoms with E-state index in [9.17, 15) is 4.79 Å². The van der Waals surface area contributed by atoms with Crippen LogP contribution in [0.5, 0.6) is 5.75 Å². The van der Waals surface area contributed by atoms with Gasteiger partial charge in [0, 0.05) is 0 Å². The monoisotopic (exact) mass is 237 g/mol. The number of rotatable bonds is 4. The summed E-state index contributed by atoms with van der Waals surface area (Å²) in [6.07, 6.45) is -1.04. The zero-order valence-corrected chi connectivity index (χ0v) is 10.7. The number of nitrogens with one attached hydrogen (secondary N) is 1. The van der Waals surface area contributed by atoms with Crippen LogP contribution >= 0.6 is 0 Å². The Hall–Kier alpha value is -1.55. The van der Waals surface area contributed by atoms with Gasteiger partial charge in [-0.1, -0.05) is 19.9 Å². The maximum absolute atomic E-state index is 11.4. The smallest absolute Gasteiger partial charge is 0.253 e. The summed E-state index contributed by atoms with van der Waals surface area (Å²) >= 11 is 0. The zero-order chi connectivity index (χ0) is 13.0. The first kappa shape index (κ1) is 13.5. The number of methoxy groups -OCH3 is 1. The van der Waals surface area contributed by atoms with Crippen LogP contribution in [0.2, 0.25) is 0 Å². The van der Waals surface area contributed by atoms with Crippen LogP contribution in [-0.4, -0.2) is 24.2 Å². The van der Waals surface area contributed by atoms with E-state index in [1.54, 1.807) is 13.2 Å². The lowest BCUT2D eigenvalue weighted by atomic mass is 10.0. The second-order valence-electron chi connectivity index (χ2n) is 4.28. The van der Waals surface area contributed by atoms with Gasteiger partial charge in [0.05, 0.1) is 12.8 Å². The molecular formula is C13H19NO3. The topological polar surface area (TPSA) is 58.6 Å². The predicted octanol–water partition coefficient (Wildman–Crippen LogP) is 2.14. The molecule has 0 aliphatic rings. The first-order chi connectivity index (χ1) is 7.95. The normalized spacial score (nSPS) is 12.4. The summed E-state index contributed by atoms with van der Waals surface area (Å²) in [6.45, 7) is 5.59. The van der Waals surface area contributed by atoms with E-state index in [-0.39, 0.29) is 0 Å². The third-order valence-corrected chi connectivity index (χ3v) is 2.53. The number of anilines is 1. The highest BCUT2D eigenvalue weighted by Crippen LogP contribution is 2.28. The number of benzene rings is 1. The number of hydrogen-bond acceptors (Lipinski definition) is 3. The van der Waals surface area contributed by atoms with Crippen molar-refractivity contribution in [3.05, 3.63) is 23.8 Å². The van der Waals surface area contributed by atoms with Gasteiger partial charge in [0.15, 0.2) is 0 Å². The number of amides is 1. The first-order valence-corrected chi connectivity index (χ1v) is 5.62. The fourth-order valence-corrected chi connectivity index (χ4v) is 1.41. The quantitative estimate of drug-likeness (QED) is 0.843. The van der Waals surface area contributed by atoms with Crippen molar-refractivity contribution in [3.63, 3.8) is 0 Å². The molecule has 0 fully saturated rings. The second kappa shape index (κ2) is 5.68. The Balaban J connectivity index is 2.97. The average Bonchev–Trinajstić information content (AvgIpc) is 2.28. The van der Waals surface area contributed by atoms with E-state index in [0.717, 1.165) is 5.56 Å². The van der Waals surface area contributed by atoms with Crippen molar-refractivity contribution in [2.45, 2.75) is 32.8 Å². The molecule has 0 heterocycles. The van der Waals surface area contributed by atoms with Crippen LogP contribution in [0.15, 0.2) is 18.2 Å². The number of ether oxygens (including phenoxy) is 1. The number of hydrogen-bond donors (Lipinski definition) is 2. The van der Waals surface area contributed by atoms with E-state index in [1.807, 2.05) is 12.1 Å². The molecule has 1 amide bonds. The van der Waals surface area contributed by atoms with Crippen molar-refractivity contribution in [3.8, 4) is 5.75 Å². The summed E-state index contributed by atoms with van der Waals surface area (Å²) in [5.74, 6) is 0.552. The summed E-state index contributed by atoms with van der Waals surface area (Å²) in [7, 11) is 1.55. The number of carbonyl (C=O) groups excluding carboxylic acids is 1. The maximum atomic E-state index is 11.4. The Morgan fingerprint density at radius 3 is 2.47 bits per heavy atom. The molecule has 17 heavy (non-hydrogen) atoms. The predicted molar refractivity (Wildman–Crippen MR) is 67.4 cm³/mol. The minimum absolute atomic E-state index is 0.394. The third-order valence-electron chi connectivity index (χ3n) is 2.53. The summed E-state index contributed by atoms with van der Waals surface area (Å²) in [4.78, 5) is 11.4. The van der Waals surface area contributed by atoms with E-state index in [2.05, 4.69) is 19.2 Å². The van der Waals surface area contributed by atoms with Crippen molar-refractivity contribution in [2.24, 2.45) is 0 Å². The van der Waals surface area contributed by atoms with Crippen LogP contribution in [0, 0.1) is 0 Å². The Morgan fingerprint density at radius 1 is 1.35 bits per heavy atom. The van der Waals surface area contributed by atoms with Crippen molar-refractivity contribution < 1.29 is 14.6 Å². The number of aliphatic hydroxyl groups excluding tert-OH is 1. The van der Waals surface area contributed by atoms with Gasteiger partial charge in [-0.15, -0.1) is 0 Å². The maximum Gasteiger partial charge on any atom is 0.253 e. The highest BCUT2D eigenvalue weighted by Gasteiger charge is 2.13. The molecule has 0 saturated heterocycles. The minimum Gasteiger partial charge on any atom is -0.495 e. The van der Waals surface area contributed by atoms with Gasteiger partial charge < -0.3 is 15.2 Å².